The molecular formula is C19H24N6OS2. The molecule has 4 rings (SSSR count). The Balaban J connectivity index is 1.46. The molecule has 9 heteroatoms. The monoisotopic (exact) mass is 416 g/mol. The van der Waals surface area contributed by atoms with Gasteiger partial charge >= 0.3 is 0 Å². The highest BCUT2D eigenvalue weighted by Gasteiger charge is 2.31. The van der Waals surface area contributed by atoms with Gasteiger partial charge in [-0.3, -0.25) is 4.79 Å². The van der Waals surface area contributed by atoms with Gasteiger partial charge in [0.05, 0.1) is 11.4 Å². The van der Waals surface area contributed by atoms with Crippen molar-refractivity contribution in [2.45, 2.75) is 62.5 Å². The van der Waals surface area contributed by atoms with Crippen LogP contribution in [0, 0.1) is 0 Å². The maximum absolute atomic E-state index is 12.7. The number of amides is 1. The van der Waals surface area contributed by atoms with Gasteiger partial charge in [-0.25, -0.2) is 4.68 Å². The normalized spacial score (nSPS) is 15.1. The third-order valence-electron chi connectivity index (χ3n) is 4.62. The molecule has 1 amide bonds. The van der Waals surface area contributed by atoms with E-state index in [0.717, 1.165) is 36.1 Å². The molecule has 1 N–H and O–H groups in total. The van der Waals surface area contributed by atoms with Crippen LogP contribution in [0.3, 0.4) is 0 Å². The Labute approximate surface area is 172 Å². The van der Waals surface area contributed by atoms with Gasteiger partial charge < -0.3 is 9.88 Å². The summed E-state index contributed by atoms with van der Waals surface area (Å²) in [6.45, 7) is 5.98. The van der Waals surface area contributed by atoms with E-state index < -0.39 is 0 Å². The van der Waals surface area contributed by atoms with E-state index in [1.807, 2.05) is 26.8 Å². The predicted molar refractivity (Wildman–Crippen MR) is 112 cm³/mol. The average molecular weight is 417 g/mol. The van der Waals surface area contributed by atoms with E-state index in [9.17, 15) is 4.79 Å². The van der Waals surface area contributed by atoms with E-state index in [-0.39, 0.29) is 17.2 Å². The Morgan fingerprint density at radius 1 is 1.32 bits per heavy atom. The highest BCUT2D eigenvalue weighted by Crippen LogP contribution is 2.40. The summed E-state index contributed by atoms with van der Waals surface area (Å²) in [7, 11) is 0. The van der Waals surface area contributed by atoms with Gasteiger partial charge in [0, 0.05) is 29.4 Å². The van der Waals surface area contributed by atoms with Crippen molar-refractivity contribution >= 4 is 34.8 Å². The molecule has 7 nitrogen and oxygen atoms in total. The van der Waals surface area contributed by atoms with Crippen LogP contribution in [0.5, 0.6) is 0 Å². The lowest BCUT2D eigenvalue weighted by atomic mass is 10.3. The van der Waals surface area contributed by atoms with E-state index in [2.05, 4.69) is 42.7 Å². The van der Waals surface area contributed by atoms with E-state index >= 15 is 0 Å². The number of thiophene rings is 1. The van der Waals surface area contributed by atoms with Crippen LogP contribution >= 0.6 is 23.1 Å². The maximum atomic E-state index is 12.7. The van der Waals surface area contributed by atoms with Gasteiger partial charge in [-0.1, -0.05) is 17.8 Å². The minimum Gasteiger partial charge on any atom is -0.310 e. The second kappa shape index (κ2) is 8.08. The molecule has 3 aromatic rings. The standard InChI is InChI=1S/C19H24N6OS2/c1-12(2)25-16(8-9-20-25)21-18(26)13(3)28-19-23-22-17(24(19)14-6-7-14)11-15-5-4-10-27-15/h4-5,8-10,12-14H,6-7,11H2,1-3H3,(H,21,26)/t13-/m1/s1. The number of nitrogens with one attached hydrogen (secondary N) is 1. The van der Waals surface area contributed by atoms with Gasteiger partial charge in [0.25, 0.3) is 0 Å². The van der Waals surface area contributed by atoms with E-state index in [4.69, 9.17) is 0 Å². The summed E-state index contributed by atoms with van der Waals surface area (Å²) in [5.74, 6) is 1.64. The van der Waals surface area contributed by atoms with E-state index in [0.29, 0.717) is 6.04 Å². The lowest BCUT2D eigenvalue weighted by Gasteiger charge is -2.15. The number of hydrogen-bond acceptors (Lipinski definition) is 6. The molecule has 0 unspecified atom stereocenters. The fourth-order valence-corrected chi connectivity index (χ4v) is 4.68. The van der Waals surface area contributed by atoms with Crippen LogP contribution in [0.15, 0.2) is 34.9 Å². The van der Waals surface area contributed by atoms with Crippen molar-refractivity contribution in [1.82, 2.24) is 24.5 Å². The van der Waals surface area contributed by atoms with Crippen molar-refractivity contribution in [2.24, 2.45) is 0 Å². The lowest BCUT2D eigenvalue weighted by molar-refractivity contribution is -0.115. The zero-order chi connectivity index (χ0) is 19.7. The molecule has 1 fully saturated rings. The van der Waals surface area contributed by atoms with Crippen LogP contribution in [0.25, 0.3) is 0 Å². The molecule has 1 atom stereocenters. The van der Waals surface area contributed by atoms with Crippen LogP contribution in [0.4, 0.5) is 5.82 Å². The van der Waals surface area contributed by atoms with Gasteiger partial charge in [-0.05, 0) is 45.1 Å². The second-order valence-electron chi connectivity index (χ2n) is 7.26. The molecule has 0 radical (unpaired) electrons. The van der Waals surface area contributed by atoms with Crippen molar-refractivity contribution in [3.8, 4) is 0 Å². The molecule has 0 saturated heterocycles. The topological polar surface area (TPSA) is 77.6 Å². The summed E-state index contributed by atoms with van der Waals surface area (Å²) in [4.78, 5) is 14.0. The van der Waals surface area contributed by atoms with Crippen LogP contribution in [0.2, 0.25) is 0 Å². The van der Waals surface area contributed by atoms with Gasteiger partial charge in [0.2, 0.25) is 5.91 Å². The quantitative estimate of drug-likeness (QED) is 0.558. The van der Waals surface area contributed by atoms with E-state index in [1.54, 1.807) is 22.2 Å². The Morgan fingerprint density at radius 3 is 2.82 bits per heavy atom. The average Bonchev–Trinajstić information content (AvgIpc) is 3.06. The number of aromatic nitrogens is 5. The number of thioether (sulfide) groups is 1. The number of anilines is 1. The van der Waals surface area contributed by atoms with E-state index in [1.165, 1.54) is 16.6 Å². The molecule has 148 valence electrons. The molecule has 1 aliphatic carbocycles. The highest BCUT2D eigenvalue weighted by atomic mass is 32.2. The molecule has 3 heterocycles. The SMILES string of the molecule is CC(C)n1nccc1NC(=O)[C@@H](C)Sc1nnc(Cc2cccs2)n1C1CC1. The van der Waals surface area contributed by atoms with Crippen molar-refractivity contribution in [3.05, 3.63) is 40.5 Å². The third kappa shape index (κ3) is 4.15. The van der Waals surface area contributed by atoms with Gasteiger partial charge in [-0.2, -0.15) is 5.10 Å². The minimum atomic E-state index is -0.285. The number of rotatable bonds is 8. The Hall–Kier alpha value is -2.13. The summed E-state index contributed by atoms with van der Waals surface area (Å²) in [6, 6.07) is 6.65. The van der Waals surface area contributed by atoms with Crippen LogP contribution in [0.1, 0.15) is 56.4 Å². The Morgan fingerprint density at radius 2 is 2.14 bits per heavy atom. The van der Waals surface area contributed by atoms with Crippen LogP contribution in [-0.2, 0) is 11.2 Å². The third-order valence-corrected chi connectivity index (χ3v) is 6.55. The largest absolute Gasteiger partial charge is 0.310 e. The number of nitrogens with zero attached hydrogens (tertiary/aromatic N) is 5. The summed E-state index contributed by atoms with van der Waals surface area (Å²) < 4.78 is 4.04. The molecule has 28 heavy (non-hydrogen) atoms. The smallest absolute Gasteiger partial charge is 0.238 e. The first-order valence-electron chi connectivity index (χ1n) is 9.50. The van der Waals surface area contributed by atoms with Crippen LogP contribution in [-0.4, -0.2) is 35.7 Å². The number of carbonyl (C=O) groups is 1. The molecule has 0 aliphatic heterocycles. The number of hydrogen-bond donors (Lipinski definition) is 1. The molecule has 0 bridgehead atoms. The fourth-order valence-electron chi connectivity index (χ4n) is 3.04. The molecule has 0 spiro atoms. The summed E-state index contributed by atoms with van der Waals surface area (Å²) in [5.41, 5.74) is 0. The highest BCUT2D eigenvalue weighted by molar-refractivity contribution is 8.00. The Kier molecular flexibility index (Phi) is 5.54. The molecule has 3 aromatic heterocycles. The molecule has 1 saturated carbocycles. The molecular weight excluding hydrogens is 392 g/mol. The number of carbonyl (C=O) groups excluding carboxylic acids is 1. The second-order valence-corrected chi connectivity index (χ2v) is 9.60. The van der Waals surface area contributed by atoms with Crippen molar-refractivity contribution in [3.63, 3.8) is 0 Å². The minimum absolute atomic E-state index is 0.0578. The molecule has 1 aliphatic rings. The summed E-state index contributed by atoms with van der Waals surface area (Å²) in [5, 5.41) is 18.7. The first-order chi connectivity index (χ1) is 13.5. The van der Waals surface area contributed by atoms with Gasteiger partial charge in [0.15, 0.2) is 5.16 Å². The van der Waals surface area contributed by atoms with Crippen molar-refractivity contribution in [1.29, 1.82) is 0 Å². The maximum Gasteiger partial charge on any atom is 0.238 e. The summed E-state index contributed by atoms with van der Waals surface area (Å²) >= 11 is 3.20. The lowest BCUT2D eigenvalue weighted by Crippen LogP contribution is -2.25. The Bertz CT molecular complexity index is 942. The zero-order valence-corrected chi connectivity index (χ0v) is 17.8. The van der Waals surface area contributed by atoms with Gasteiger partial charge in [-0.15, -0.1) is 21.5 Å². The summed E-state index contributed by atoms with van der Waals surface area (Å²) in [6.07, 6.45) is 4.79. The first kappa shape index (κ1) is 19.2. The molecule has 0 aromatic carbocycles. The van der Waals surface area contributed by atoms with Crippen molar-refractivity contribution < 1.29 is 4.79 Å². The van der Waals surface area contributed by atoms with Crippen LogP contribution < -0.4 is 5.32 Å². The first-order valence-corrected chi connectivity index (χ1v) is 11.3. The van der Waals surface area contributed by atoms with Gasteiger partial charge in [0.1, 0.15) is 11.6 Å². The zero-order valence-electron chi connectivity index (χ0n) is 16.2. The van der Waals surface area contributed by atoms with Crippen molar-refractivity contribution in [2.75, 3.05) is 5.32 Å². The fraction of sp³-hybridized carbons (Fsp3) is 0.474. The predicted octanol–water partition coefficient (Wildman–Crippen LogP) is 4.16.